The lowest BCUT2D eigenvalue weighted by molar-refractivity contribution is 0.00357. The molecule has 3 N–H and O–H groups in total. The number of hydrogen-bond acceptors (Lipinski definition) is 4. The Morgan fingerprint density at radius 1 is 1.53 bits per heavy atom. The first kappa shape index (κ1) is 10.3. The Hall–Kier alpha value is -1.26. The molecule has 1 saturated heterocycles. The van der Waals surface area contributed by atoms with Crippen LogP contribution in [0.2, 0.25) is 0 Å². The first-order valence-electron chi connectivity index (χ1n) is 5.12. The Bertz CT molecular complexity index is 330. The van der Waals surface area contributed by atoms with Gasteiger partial charge in [0, 0.05) is 24.5 Å². The molecule has 0 saturated carbocycles. The third-order valence-corrected chi connectivity index (χ3v) is 2.58. The van der Waals surface area contributed by atoms with Crippen LogP contribution in [0.5, 0.6) is 0 Å². The van der Waals surface area contributed by atoms with Crippen LogP contribution in [0.4, 0.5) is 11.4 Å². The van der Waals surface area contributed by atoms with E-state index < -0.39 is 0 Å². The van der Waals surface area contributed by atoms with Crippen molar-refractivity contribution in [3.8, 4) is 0 Å². The molecule has 15 heavy (non-hydrogen) atoms. The molecule has 0 unspecified atom stereocenters. The van der Waals surface area contributed by atoms with Crippen molar-refractivity contribution in [2.75, 3.05) is 36.9 Å². The summed E-state index contributed by atoms with van der Waals surface area (Å²) in [6.07, 6.45) is -0.0832. The maximum Gasteiger partial charge on any atom is 0.0980 e. The number of benzene rings is 1. The minimum atomic E-state index is -0.0832. The van der Waals surface area contributed by atoms with Gasteiger partial charge in [0.2, 0.25) is 0 Å². The standard InChI is InChI=1S/C11H16N2O2/c12-9-2-1-3-10(6-9)13-4-5-15-11(7-13)8-14/h1-3,6,11,14H,4-5,7-8,12H2/t11-/m1/s1. The van der Waals surface area contributed by atoms with Gasteiger partial charge in [-0.05, 0) is 18.2 Å². The molecule has 0 radical (unpaired) electrons. The van der Waals surface area contributed by atoms with Crippen molar-refractivity contribution in [1.29, 1.82) is 0 Å². The number of aliphatic hydroxyl groups excluding tert-OH is 1. The van der Waals surface area contributed by atoms with Crippen molar-refractivity contribution < 1.29 is 9.84 Å². The van der Waals surface area contributed by atoms with E-state index in [1.165, 1.54) is 0 Å². The molecule has 2 rings (SSSR count). The molecule has 82 valence electrons. The van der Waals surface area contributed by atoms with Gasteiger partial charge >= 0.3 is 0 Å². The Morgan fingerprint density at radius 3 is 3.13 bits per heavy atom. The Morgan fingerprint density at radius 2 is 2.40 bits per heavy atom. The van der Waals surface area contributed by atoms with Gasteiger partial charge in [0.15, 0.2) is 0 Å². The van der Waals surface area contributed by atoms with E-state index in [0.29, 0.717) is 6.61 Å². The van der Waals surface area contributed by atoms with Gasteiger partial charge in [-0.3, -0.25) is 0 Å². The zero-order chi connectivity index (χ0) is 10.7. The summed E-state index contributed by atoms with van der Waals surface area (Å²) in [5, 5.41) is 9.03. The number of nitrogens with two attached hydrogens (primary N) is 1. The molecule has 1 aromatic carbocycles. The molecule has 0 aliphatic carbocycles. The summed E-state index contributed by atoms with van der Waals surface area (Å²) in [5.74, 6) is 0. The van der Waals surface area contributed by atoms with Gasteiger partial charge in [0.25, 0.3) is 0 Å². The average Bonchev–Trinajstić information content (AvgIpc) is 2.29. The predicted octanol–water partition coefficient (Wildman–Crippen LogP) is 0.466. The van der Waals surface area contributed by atoms with Gasteiger partial charge in [-0.1, -0.05) is 6.07 Å². The molecule has 0 spiro atoms. The normalized spacial score (nSPS) is 21.7. The van der Waals surface area contributed by atoms with Gasteiger partial charge in [-0.2, -0.15) is 0 Å². The number of ether oxygens (including phenoxy) is 1. The molecule has 0 bridgehead atoms. The summed E-state index contributed by atoms with van der Waals surface area (Å²) in [6, 6.07) is 7.78. The monoisotopic (exact) mass is 208 g/mol. The lowest BCUT2D eigenvalue weighted by Gasteiger charge is -2.33. The van der Waals surface area contributed by atoms with E-state index in [9.17, 15) is 0 Å². The lowest BCUT2D eigenvalue weighted by atomic mass is 10.2. The molecule has 0 amide bonds. The van der Waals surface area contributed by atoms with Crippen LogP contribution in [-0.4, -0.2) is 37.5 Å². The van der Waals surface area contributed by atoms with Gasteiger partial charge in [0.1, 0.15) is 0 Å². The third kappa shape index (κ3) is 2.40. The third-order valence-electron chi connectivity index (χ3n) is 2.58. The maximum absolute atomic E-state index is 9.03. The first-order chi connectivity index (χ1) is 7.29. The SMILES string of the molecule is Nc1cccc(N2CCO[C@@H](CO)C2)c1. The molecule has 0 aromatic heterocycles. The number of hydrogen-bond donors (Lipinski definition) is 2. The molecule has 1 aromatic rings. The molecule has 4 heteroatoms. The van der Waals surface area contributed by atoms with Gasteiger partial charge in [-0.25, -0.2) is 0 Å². The summed E-state index contributed by atoms with van der Waals surface area (Å²) in [6.45, 7) is 2.29. The van der Waals surface area contributed by atoms with Gasteiger partial charge in [-0.15, -0.1) is 0 Å². The highest BCUT2D eigenvalue weighted by Gasteiger charge is 2.19. The first-order valence-corrected chi connectivity index (χ1v) is 5.12. The van der Waals surface area contributed by atoms with Crippen LogP contribution in [0, 0.1) is 0 Å². The fraction of sp³-hybridized carbons (Fsp3) is 0.455. The molecular weight excluding hydrogens is 192 g/mol. The van der Waals surface area contributed by atoms with Crippen molar-refractivity contribution in [1.82, 2.24) is 0 Å². The molecule has 1 atom stereocenters. The zero-order valence-corrected chi connectivity index (χ0v) is 8.60. The van der Waals surface area contributed by atoms with Gasteiger partial charge in [0.05, 0.1) is 19.3 Å². The summed E-state index contributed by atoms with van der Waals surface area (Å²) in [5.41, 5.74) is 7.58. The number of nitrogens with zero attached hydrogens (tertiary/aromatic N) is 1. The molecular formula is C11H16N2O2. The van der Waals surface area contributed by atoms with Crippen molar-refractivity contribution >= 4 is 11.4 Å². The van der Waals surface area contributed by atoms with Crippen LogP contribution in [0.1, 0.15) is 0 Å². The highest BCUT2D eigenvalue weighted by Crippen LogP contribution is 2.19. The quantitative estimate of drug-likeness (QED) is 0.693. The highest BCUT2D eigenvalue weighted by molar-refractivity contribution is 5.56. The fourth-order valence-corrected chi connectivity index (χ4v) is 1.79. The van der Waals surface area contributed by atoms with Crippen molar-refractivity contribution in [3.63, 3.8) is 0 Å². The smallest absolute Gasteiger partial charge is 0.0980 e. The molecule has 1 fully saturated rings. The second kappa shape index (κ2) is 4.51. The second-order valence-corrected chi connectivity index (χ2v) is 3.72. The summed E-state index contributed by atoms with van der Waals surface area (Å²) >= 11 is 0. The largest absolute Gasteiger partial charge is 0.399 e. The van der Waals surface area contributed by atoms with E-state index in [0.717, 1.165) is 24.5 Å². The fourth-order valence-electron chi connectivity index (χ4n) is 1.79. The number of anilines is 2. The van der Waals surface area contributed by atoms with E-state index >= 15 is 0 Å². The highest BCUT2D eigenvalue weighted by atomic mass is 16.5. The van der Waals surface area contributed by atoms with E-state index in [2.05, 4.69) is 4.90 Å². The average molecular weight is 208 g/mol. The molecule has 1 aliphatic heterocycles. The lowest BCUT2D eigenvalue weighted by Crippen LogP contribution is -2.44. The summed E-state index contributed by atoms with van der Waals surface area (Å²) in [7, 11) is 0. The zero-order valence-electron chi connectivity index (χ0n) is 8.60. The minimum Gasteiger partial charge on any atom is -0.399 e. The topological polar surface area (TPSA) is 58.7 Å². The minimum absolute atomic E-state index is 0.0683. The van der Waals surface area contributed by atoms with Crippen LogP contribution in [0.3, 0.4) is 0 Å². The summed E-state index contributed by atoms with van der Waals surface area (Å²) < 4.78 is 5.39. The maximum atomic E-state index is 9.03. The summed E-state index contributed by atoms with van der Waals surface area (Å²) in [4.78, 5) is 2.18. The van der Waals surface area contributed by atoms with Crippen LogP contribution < -0.4 is 10.6 Å². The van der Waals surface area contributed by atoms with Crippen LogP contribution in [-0.2, 0) is 4.74 Å². The number of nitrogen functional groups attached to an aromatic ring is 1. The van der Waals surface area contributed by atoms with Crippen molar-refractivity contribution in [2.24, 2.45) is 0 Å². The van der Waals surface area contributed by atoms with Gasteiger partial charge < -0.3 is 20.5 Å². The molecule has 4 nitrogen and oxygen atoms in total. The number of aliphatic hydroxyl groups is 1. The Balaban J connectivity index is 2.09. The van der Waals surface area contributed by atoms with E-state index in [1.54, 1.807) is 0 Å². The van der Waals surface area contributed by atoms with E-state index in [-0.39, 0.29) is 12.7 Å². The van der Waals surface area contributed by atoms with E-state index in [4.69, 9.17) is 15.6 Å². The number of morpholine rings is 1. The van der Waals surface area contributed by atoms with Crippen molar-refractivity contribution in [3.05, 3.63) is 24.3 Å². The van der Waals surface area contributed by atoms with Crippen LogP contribution in [0.15, 0.2) is 24.3 Å². The number of rotatable bonds is 2. The molecule has 1 aliphatic rings. The van der Waals surface area contributed by atoms with E-state index in [1.807, 2.05) is 24.3 Å². The Labute approximate surface area is 89.3 Å². The van der Waals surface area contributed by atoms with Crippen LogP contribution in [0.25, 0.3) is 0 Å². The van der Waals surface area contributed by atoms with Crippen LogP contribution >= 0.6 is 0 Å². The van der Waals surface area contributed by atoms with Crippen molar-refractivity contribution in [2.45, 2.75) is 6.10 Å². The predicted molar refractivity (Wildman–Crippen MR) is 59.9 cm³/mol. The molecule has 1 heterocycles. The Kier molecular flexibility index (Phi) is 3.08. The second-order valence-electron chi connectivity index (χ2n) is 3.72.